The van der Waals surface area contributed by atoms with E-state index in [9.17, 15) is 4.79 Å². The number of hydrogen-bond donors (Lipinski definition) is 1. The molecular weight excluding hydrogens is 368 g/mol. The minimum atomic E-state index is -0.152. The molecule has 1 fully saturated rings. The third-order valence-electron chi connectivity index (χ3n) is 4.45. The van der Waals surface area contributed by atoms with Gasteiger partial charge in [-0.3, -0.25) is 4.79 Å². The number of hydrogen-bond acceptors (Lipinski definition) is 7. The number of nitrogens with one attached hydrogen (secondary N) is 1. The molecule has 140 valence electrons. The fraction of sp³-hybridized carbons (Fsp3) is 0.500. The number of methoxy groups -OCH3 is 1. The summed E-state index contributed by atoms with van der Waals surface area (Å²) in [4.78, 5) is 14.6. The van der Waals surface area contributed by atoms with Gasteiger partial charge in [-0.25, -0.2) is 0 Å². The van der Waals surface area contributed by atoms with Gasteiger partial charge in [0.25, 0.3) is 0 Å². The highest BCUT2D eigenvalue weighted by Crippen LogP contribution is 2.32. The number of ether oxygens (including phenoxy) is 1. The van der Waals surface area contributed by atoms with E-state index in [2.05, 4.69) is 22.4 Å². The smallest absolute Gasteiger partial charge is 0.235 e. The maximum absolute atomic E-state index is 12.6. The lowest BCUT2D eigenvalue weighted by atomic mass is 9.99. The van der Waals surface area contributed by atoms with Crippen molar-refractivity contribution in [1.29, 1.82) is 0 Å². The van der Waals surface area contributed by atoms with E-state index in [4.69, 9.17) is 4.74 Å². The van der Waals surface area contributed by atoms with Crippen LogP contribution in [0.25, 0.3) is 0 Å². The largest absolute Gasteiger partial charge is 0.497 e. The first kappa shape index (κ1) is 19.0. The summed E-state index contributed by atoms with van der Waals surface area (Å²) in [5.74, 6) is 1.69. The number of piperidine rings is 1. The first-order valence-corrected chi connectivity index (χ1v) is 10.4. The van der Waals surface area contributed by atoms with Gasteiger partial charge in [0.15, 0.2) is 4.34 Å². The lowest BCUT2D eigenvalue weighted by Crippen LogP contribution is -2.41. The van der Waals surface area contributed by atoms with Crippen LogP contribution >= 0.6 is 23.1 Å². The molecule has 0 unspecified atom stereocenters. The number of aromatic nitrogens is 2. The average Bonchev–Trinajstić information content (AvgIpc) is 3.08. The minimum Gasteiger partial charge on any atom is -0.497 e. The second-order valence-electron chi connectivity index (χ2n) is 6.50. The third-order valence-corrected chi connectivity index (χ3v) is 6.46. The van der Waals surface area contributed by atoms with Crippen LogP contribution in [0.3, 0.4) is 0 Å². The van der Waals surface area contributed by atoms with Crippen molar-refractivity contribution in [2.75, 3.05) is 25.5 Å². The van der Waals surface area contributed by atoms with Gasteiger partial charge in [0.2, 0.25) is 11.0 Å². The summed E-state index contributed by atoms with van der Waals surface area (Å²) in [6.07, 6.45) is 2.19. The van der Waals surface area contributed by atoms with Gasteiger partial charge in [-0.2, -0.15) is 0 Å². The quantitative estimate of drug-likeness (QED) is 0.749. The number of thioether (sulfide) groups is 1. The van der Waals surface area contributed by atoms with Gasteiger partial charge in [0, 0.05) is 24.8 Å². The summed E-state index contributed by atoms with van der Waals surface area (Å²) in [5, 5.41) is 12.1. The highest BCUT2D eigenvalue weighted by molar-refractivity contribution is 8.02. The summed E-state index contributed by atoms with van der Waals surface area (Å²) in [5.41, 5.74) is 0.892. The van der Waals surface area contributed by atoms with E-state index in [0.29, 0.717) is 5.13 Å². The molecule has 6 nitrogen and oxygen atoms in total. The number of anilines is 2. The van der Waals surface area contributed by atoms with Gasteiger partial charge in [-0.05, 0) is 37.8 Å². The van der Waals surface area contributed by atoms with Crippen LogP contribution in [0.1, 0.15) is 26.7 Å². The molecule has 1 atom stereocenters. The first-order chi connectivity index (χ1) is 12.5. The summed E-state index contributed by atoms with van der Waals surface area (Å²) in [7, 11) is 1.64. The molecule has 26 heavy (non-hydrogen) atoms. The normalized spacial score (nSPS) is 16.3. The molecule has 1 N–H and O–H groups in total. The second kappa shape index (κ2) is 8.73. The van der Waals surface area contributed by atoms with E-state index < -0.39 is 0 Å². The summed E-state index contributed by atoms with van der Waals surface area (Å²) in [6, 6.07) is 7.65. The number of carbonyl (C=O) groups is 1. The number of amides is 1. The van der Waals surface area contributed by atoms with Crippen LogP contribution in [0.5, 0.6) is 5.75 Å². The van der Waals surface area contributed by atoms with Crippen LogP contribution in [0.4, 0.5) is 10.8 Å². The van der Waals surface area contributed by atoms with Crippen LogP contribution in [0.2, 0.25) is 0 Å². The van der Waals surface area contributed by atoms with Crippen LogP contribution in [0.15, 0.2) is 28.6 Å². The van der Waals surface area contributed by atoms with E-state index in [1.807, 2.05) is 36.1 Å². The van der Waals surface area contributed by atoms with E-state index in [0.717, 1.165) is 47.6 Å². The fourth-order valence-corrected chi connectivity index (χ4v) is 4.82. The van der Waals surface area contributed by atoms with Crippen LogP contribution < -0.4 is 10.1 Å². The highest BCUT2D eigenvalue weighted by atomic mass is 32.2. The zero-order chi connectivity index (χ0) is 18.5. The lowest BCUT2D eigenvalue weighted by molar-refractivity contribution is -0.131. The monoisotopic (exact) mass is 392 g/mol. The molecule has 1 aromatic heterocycles. The number of likely N-dealkylation sites (tertiary alicyclic amines) is 1. The zero-order valence-corrected chi connectivity index (χ0v) is 16.9. The molecule has 2 heterocycles. The van der Waals surface area contributed by atoms with Crippen molar-refractivity contribution < 1.29 is 9.53 Å². The number of carbonyl (C=O) groups excluding carboxylic acids is 1. The Morgan fingerprint density at radius 3 is 2.88 bits per heavy atom. The lowest BCUT2D eigenvalue weighted by Gasteiger charge is -2.31. The van der Waals surface area contributed by atoms with E-state index >= 15 is 0 Å². The minimum absolute atomic E-state index is 0.152. The van der Waals surface area contributed by atoms with Crippen molar-refractivity contribution in [2.45, 2.75) is 36.3 Å². The van der Waals surface area contributed by atoms with Gasteiger partial charge in [-0.15, -0.1) is 10.2 Å². The Morgan fingerprint density at radius 1 is 1.38 bits per heavy atom. The van der Waals surface area contributed by atoms with Crippen molar-refractivity contribution in [3.05, 3.63) is 24.3 Å². The van der Waals surface area contributed by atoms with Crippen molar-refractivity contribution in [1.82, 2.24) is 15.1 Å². The Balaban J connectivity index is 1.56. The summed E-state index contributed by atoms with van der Waals surface area (Å²) >= 11 is 2.93. The van der Waals surface area contributed by atoms with Gasteiger partial charge >= 0.3 is 0 Å². The first-order valence-electron chi connectivity index (χ1n) is 8.75. The molecule has 1 amide bonds. The predicted octanol–water partition coefficient (Wildman–Crippen LogP) is 4.03. The molecule has 0 saturated carbocycles. The van der Waals surface area contributed by atoms with Crippen LogP contribution in [-0.4, -0.2) is 46.5 Å². The molecular formula is C18H24N4O2S2. The Hall–Kier alpha value is -1.80. The Bertz CT molecular complexity index is 744. The zero-order valence-electron chi connectivity index (χ0n) is 15.3. The van der Waals surface area contributed by atoms with Crippen molar-refractivity contribution in [2.24, 2.45) is 5.92 Å². The Kier molecular flexibility index (Phi) is 6.37. The molecule has 1 saturated heterocycles. The van der Waals surface area contributed by atoms with Crippen molar-refractivity contribution in [3.63, 3.8) is 0 Å². The molecule has 2 aromatic rings. The fourth-order valence-electron chi connectivity index (χ4n) is 2.82. The Labute approximate surface area is 162 Å². The molecule has 1 aliphatic rings. The molecule has 0 spiro atoms. The topological polar surface area (TPSA) is 67.3 Å². The third kappa shape index (κ3) is 4.88. The number of rotatable bonds is 6. The highest BCUT2D eigenvalue weighted by Gasteiger charge is 2.26. The van der Waals surface area contributed by atoms with Gasteiger partial charge in [0.1, 0.15) is 5.75 Å². The van der Waals surface area contributed by atoms with Gasteiger partial charge in [0.05, 0.1) is 12.4 Å². The molecule has 0 bridgehead atoms. The maximum Gasteiger partial charge on any atom is 0.235 e. The second-order valence-corrected chi connectivity index (χ2v) is 9.06. The number of benzene rings is 1. The van der Waals surface area contributed by atoms with E-state index in [1.165, 1.54) is 23.1 Å². The van der Waals surface area contributed by atoms with Crippen molar-refractivity contribution in [3.8, 4) is 5.75 Å². The molecule has 0 aliphatic carbocycles. The predicted molar refractivity (Wildman–Crippen MR) is 106 cm³/mol. The summed E-state index contributed by atoms with van der Waals surface area (Å²) in [6.45, 7) is 5.92. The Morgan fingerprint density at radius 2 is 2.15 bits per heavy atom. The molecule has 1 aromatic carbocycles. The molecule has 1 aliphatic heterocycles. The molecule has 0 radical (unpaired) electrons. The molecule has 8 heteroatoms. The average molecular weight is 393 g/mol. The molecule has 3 rings (SSSR count). The van der Waals surface area contributed by atoms with E-state index in [1.54, 1.807) is 7.11 Å². The standard InChI is InChI=1S/C18H24N4O2S2/c1-12-7-9-22(10-8-12)16(23)13(2)25-18-21-20-17(26-18)19-14-5-4-6-15(11-14)24-3/h4-6,11-13H,7-10H2,1-3H3,(H,19,20)/t13-/m0/s1. The maximum atomic E-state index is 12.6. The summed E-state index contributed by atoms with van der Waals surface area (Å²) < 4.78 is 6.02. The van der Waals surface area contributed by atoms with Gasteiger partial charge in [-0.1, -0.05) is 36.1 Å². The van der Waals surface area contributed by atoms with Gasteiger partial charge < -0.3 is 15.0 Å². The van der Waals surface area contributed by atoms with Crippen LogP contribution in [-0.2, 0) is 4.79 Å². The number of nitrogens with zero attached hydrogens (tertiary/aromatic N) is 3. The van der Waals surface area contributed by atoms with Crippen molar-refractivity contribution >= 4 is 39.8 Å². The SMILES string of the molecule is COc1cccc(Nc2nnc(S[C@@H](C)C(=O)N3CCC(C)CC3)s2)c1. The van der Waals surface area contributed by atoms with E-state index in [-0.39, 0.29) is 11.2 Å². The van der Waals surface area contributed by atoms with Crippen LogP contribution in [0, 0.1) is 5.92 Å².